The number of likely N-dealkylation sites (tertiary alicyclic amines) is 1. The minimum Gasteiger partial charge on any atom is -0.338 e. The number of aryl methyl sites for hydroxylation is 1. The van der Waals surface area contributed by atoms with E-state index < -0.39 is 0 Å². The second-order valence-electron chi connectivity index (χ2n) is 7.44. The van der Waals surface area contributed by atoms with Crippen LogP contribution in [0.1, 0.15) is 46.9 Å². The van der Waals surface area contributed by atoms with Gasteiger partial charge in [-0.25, -0.2) is 0 Å². The molecule has 4 rings (SSSR count). The van der Waals surface area contributed by atoms with Gasteiger partial charge < -0.3 is 4.90 Å². The van der Waals surface area contributed by atoms with E-state index in [0.29, 0.717) is 23.6 Å². The molecule has 0 spiro atoms. The number of amides is 1. The Morgan fingerprint density at radius 3 is 2.77 bits per heavy atom. The Labute approximate surface area is 154 Å². The molecule has 0 saturated carbocycles. The fraction of sp³-hybridized carbons (Fsp3) is 0.429. The average molecular weight is 350 g/mol. The lowest BCUT2D eigenvalue weighted by atomic mass is 9.87. The Bertz CT molecular complexity index is 746. The Kier molecular flexibility index (Phi) is 5.00. The molecule has 0 aliphatic carbocycles. The number of benzene rings is 1. The Morgan fingerprint density at radius 2 is 2.00 bits per heavy atom. The lowest BCUT2D eigenvalue weighted by Gasteiger charge is -2.35. The van der Waals surface area contributed by atoms with Crippen LogP contribution in [0.2, 0.25) is 0 Å². The zero-order valence-electron chi connectivity index (χ0n) is 15.2. The summed E-state index contributed by atoms with van der Waals surface area (Å²) in [6, 6.07) is 15.1. The second-order valence-corrected chi connectivity index (χ2v) is 7.44. The van der Waals surface area contributed by atoms with E-state index in [1.54, 1.807) is 6.20 Å². The van der Waals surface area contributed by atoms with E-state index in [2.05, 4.69) is 40.1 Å². The maximum absolute atomic E-state index is 12.8. The number of nitrogens with zero attached hydrogens (tertiary/aromatic N) is 2. The van der Waals surface area contributed by atoms with Gasteiger partial charge in [0.25, 0.3) is 5.91 Å². The Morgan fingerprint density at radius 1 is 1.15 bits per heavy atom. The first kappa shape index (κ1) is 17.2. The van der Waals surface area contributed by atoms with Gasteiger partial charge in [-0.3, -0.25) is 20.6 Å². The first-order chi connectivity index (χ1) is 12.7. The third-order valence-electron chi connectivity index (χ3n) is 5.61. The monoisotopic (exact) mass is 350 g/mol. The molecular formula is C21H26N4O. The van der Waals surface area contributed by atoms with Crippen LogP contribution in [0.25, 0.3) is 0 Å². The number of hydrogen-bond donors (Lipinski definition) is 2. The molecule has 2 aliphatic rings. The van der Waals surface area contributed by atoms with Crippen molar-refractivity contribution in [1.29, 1.82) is 0 Å². The standard InChI is InChI=1S/C21H26N4O/c1-15-9-10-17(13-22-15)21(26)25-11-5-8-18(14-25)20-12-19(23-24-20)16-6-3-2-4-7-16/h2-4,6-7,9-10,13,18-20,23-24H,5,8,11-12,14H2,1H3. The van der Waals surface area contributed by atoms with Crippen LogP contribution < -0.4 is 10.9 Å². The normalized spacial score (nSPS) is 26.0. The molecule has 2 N–H and O–H groups in total. The summed E-state index contributed by atoms with van der Waals surface area (Å²) in [6.45, 7) is 3.59. The van der Waals surface area contributed by atoms with Crippen molar-refractivity contribution in [3.63, 3.8) is 0 Å². The molecule has 1 aromatic heterocycles. The highest BCUT2D eigenvalue weighted by molar-refractivity contribution is 5.94. The van der Waals surface area contributed by atoms with Crippen LogP contribution in [0, 0.1) is 12.8 Å². The molecule has 136 valence electrons. The summed E-state index contributed by atoms with van der Waals surface area (Å²) in [6.07, 6.45) is 4.98. The molecule has 3 atom stereocenters. The summed E-state index contributed by atoms with van der Waals surface area (Å²) in [5, 5.41) is 0. The van der Waals surface area contributed by atoms with E-state index in [-0.39, 0.29) is 5.91 Å². The highest BCUT2D eigenvalue weighted by Crippen LogP contribution is 2.30. The van der Waals surface area contributed by atoms with Gasteiger partial charge in [-0.05, 0) is 49.8 Å². The molecule has 1 amide bonds. The van der Waals surface area contributed by atoms with Crippen LogP contribution in [0.3, 0.4) is 0 Å². The van der Waals surface area contributed by atoms with E-state index in [0.717, 1.165) is 38.0 Å². The van der Waals surface area contributed by atoms with Gasteiger partial charge in [-0.2, -0.15) is 0 Å². The molecule has 26 heavy (non-hydrogen) atoms. The third-order valence-corrected chi connectivity index (χ3v) is 5.61. The molecule has 0 radical (unpaired) electrons. The van der Waals surface area contributed by atoms with Gasteiger partial charge in [0, 0.05) is 37.1 Å². The first-order valence-electron chi connectivity index (χ1n) is 9.48. The highest BCUT2D eigenvalue weighted by Gasteiger charge is 2.34. The van der Waals surface area contributed by atoms with Crippen molar-refractivity contribution in [3.8, 4) is 0 Å². The maximum Gasteiger partial charge on any atom is 0.255 e. The predicted octanol–water partition coefficient (Wildman–Crippen LogP) is 2.85. The molecule has 2 aliphatic heterocycles. The lowest BCUT2D eigenvalue weighted by molar-refractivity contribution is 0.0648. The van der Waals surface area contributed by atoms with Gasteiger partial charge in [-0.15, -0.1) is 0 Å². The van der Waals surface area contributed by atoms with Crippen LogP contribution in [0.15, 0.2) is 48.7 Å². The van der Waals surface area contributed by atoms with Gasteiger partial charge in [0.1, 0.15) is 0 Å². The summed E-state index contributed by atoms with van der Waals surface area (Å²) in [5.74, 6) is 0.583. The largest absolute Gasteiger partial charge is 0.338 e. The molecule has 1 aromatic carbocycles. The number of hydrazine groups is 1. The highest BCUT2D eigenvalue weighted by atomic mass is 16.2. The smallest absolute Gasteiger partial charge is 0.255 e. The van der Waals surface area contributed by atoms with Gasteiger partial charge in [0.05, 0.1) is 5.56 Å². The molecule has 2 saturated heterocycles. The van der Waals surface area contributed by atoms with Crippen LogP contribution in [0.5, 0.6) is 0 Å². The number of piperidine rings is 1. The van der Waals surface area contributed by atoms with E-state index in [4.69, 9.17) is 0 Å². The van der Waals surface area contributed by atoms with Gasteiger partial charge in [0.15, 0.2) is 0 Å². The lowest BCUT2D eigenvalue weighted by Crippen LogP contribution is -2.47. The Balaban J connectivity index is 1.39. The molecule has 3 unspecified atom stereocenters. The predicted molar refractivity (Wildman–Crippen MR) is 101 cm³/mol. The van der Waals surface area contributed by atoms with Gasteiger partial charge in [0.2, 0.25) is 0 Å². The van der Waals surface area contributed by atoms with Crippen molar-refractivity contribution in [1.82, 2.24) is 20.7 Å². The van der Waals surface area contributed by atoms with Crippen molar-refractivity contribution in [2.24, 2.45) is 5.92 Å². The number of carbonyl (C=O) groups excluding carboxylic acids is 1. The molecule has 5 heteroatoms. The molecule has 3 heterocycles. The van der Waals surface area contributed by atoms with Crippen LogP contribution in [-0.4, -0.2) is 34.9 Å². The summed E-state index contributed by atoms with van der Waals surface area (Å²) in [7, 11) is 0. The van der Waals surface area contributed by atoms with Crippen LogP contribution in [0.4, 0.5) is 0 Å². The topological polar surface area (TPSA) is 57.3 Å². The zero-order valence-corrected chi connectivity index (χ0v) is 15.2. The van der Waals surface area contributed by atoms with Gasteiger partial charge >= 0.3 is 0 Å². The number of rotatable bonds is 3. The van der Waals surface area contributed by atoms with E-state index in [9.17, 15) is 4.79 Å². The SMILES string of the molecule is Cc1ccc(C(=O)N2CCCC(C3CC(c4ccccc4)NN3)C2)cn1. The maximum atomic E-state index is 12.8. The fourth-order valence-electron chi connectivity index (χ4n) is 4.09. The van der Waals surface area contributed by atoms with Crippen molar-refractivity contribution in [2.45, 2.75) is 38.3 Å². The summed E-state index contributed by atoms with van der Waals surface area (Å²) >= 11 is 0. The zero-order chi connectivity index (χ0) is 17.9. The number of pyridine rings is 1. The second kappa shape index (κ2) is 7.56. The van der Waals surface area contributed by atoms with Crippen molar-refractivity contribution in [2.75, 3.05) is 13.1 Å². The number of aromatic nitrogens is 1. The van der Waals surface area contributed by atoms with Crippen molar-refractivity contribution < 1.29 is 4.79 Å². The molecule has 2 aromatic rings. The van der Waals surface area contributed by atoms with Crippen LogP contribution >= 0.6 is 0 Å². The van der Waals surface area contributed by atoms with Gasteiger partial charge in [-0.1, -0.05) is 30.3 Å². The van der Waals surface area contributed by atoms with Crippen molar-refractivity contribution in [3.05, 3.63) is 65.5 Å². The minimum absolute atomic E-state index is 0.104. The molecular weight excluding hydrogens is 324 g/mol. The summed E-state index contributed by atoms with van der Waals surface area (Å²) < 4.78 is 0. The molecule has 5 nitrogen and oxygen atoms in total. The number of hydrogen-bond acceptors (Lipinski definition) is 4. The van der Waals surface area contributed by atoms with E-state index >= 15 is 0 Å². The Hall–Kier alpha value is -2.24. The summed E-state index contributed by atoms with van der Waals surface area (Å²) in [4.78, 5) is 19.1. The minimum atomic E-state index is 0.104. The fourth-order valence-corrected chi connectivity index (χ4v) is 4.09. The molecule has 2 fully saturated rings. The third kappa shape index (κ3) is 3.64. The molecule has 0 bridgehead atoms. The van der Waals surface area contributed by atoms with Crippen LogP contribution in [-0.2, 0) is 0 Å². The first-order valence-corrected chi connectivity index (χ1v) is 9.48. The van der Waals surface area contributed by atoms with E-state index in [1.165, 1.54) is 5.56 Å². The number of carbonyl (C=O) groups is 1. The average Bonchev–Trinajstić information content (AvgIpc) is 3.19. The quantitative estimate of drug-likeness (QED) is 0.894. The summed E-state index contributed by atoms with van der Waals surface area (Å²) in [5.41, 5.74) is 9.86. The number of nitrogens with one attached hydrogen (secondary N) is 2. The van der Waals surface area contributed by atoms with Crippen molar-refractivity contribution >= 4 is 5.91 Å². The van der Waals surface area contributed by atoms with E-state index in [1.807, 2.05) is 30.0 Å².